The molecule has 1 aliphatic heterocycles. The van der Waals surface area contributed by atoms with Gasteiger partial charge in [0, 0.05) is 50.4 Å². The molecule has 5 rings (SSSR count). The predicted molar refractivity (Wildman–Crippen MR) is 121 cm³/mol. The Labute approximate surface area is 179 Å². The second-order valence-electron chi connectivity index (χ2n) is 7.68. The first-order valence-corrected chi connectivity index (χ1v) is 11.2. The Balaban J connectivity index is 1.31. The molecule has 152 valence electrons. The van der Waals surface area contributed by atoms with Gasteiger partial charge in [-0.15, -0.1) is 11.3 Å². The van der Waals surface area contributed by atoms with Crippen molar-refractivity contribution in [2.75, 3.05) is 26.2 Å². The summed E-state index contributed by atoms with van der Waals surface area (Å²) in [5.41, 5.74) is 3.52. The SMILES string of the molecule is O=c1cc(CN2CCN(C(c3ccccc3)c3ccccc3)CC2)nc2sccn12. The van der Waals surface area contributed by atoms with Crippen molar-refractivity contribution < 1.29 is 0 Å². The maximum absolute atomic E-state index is 12.3. The van der Waals surface area contributed by atoms with Crippen LogP contribution < -0.4 is 5.56 Å². The number of thiazole rings is 1. The molecule has 5 nitrogen and oxygen atoms in total. The summed E-state index contributed by atoms with van der Waals surface area (Å²) in [7, 11) is 0. The minimum absolute atomic E-state index is 0.00288. The van der Waals surface area contributed by atoms with Crippen molar-refractivity contribution in [2.45, 2.75) is 12.6 Å². The summed E-state index contributed by atoms with van der Waals surface area (Å²) in [5.74, 6) is 0. The lowest BCUT2D eigenvalue weighted by molar-refractivity contribution is 0.104. The first kappa shape index (κ1) is 19.2. The van der Waals surface area contributed by atoms with Crippen LogP contribution in [0.1, 0.15) is 22.9 Å². The van der Waals surface area contributed by atoms with Gasteiger partial charge in [0.1, 0.15) is 0 Å². The fraction of sp³-hybridized carbons (Fsp3) is 0.250. The Morgan fingerprint density at radius 2 is 1.53 bits per heavy atom. The molecule has 0 saturated carbocycles. The van der Waals surface area contributed by atoms with Crippen molar-refractivity contribution in [3.05, 3.63) is 105 Å². The summed E-state index contributed by atoms with van der Waals surface area (Å²) >= 11 is 1.50. The van der Waals surface area contributed by atoms with Gasteiger partial charge in [0.2, 0.25) is 0 Å². The van der Waals surface area contributed by atoms with Crippen molar-refractivity contribution in [3.63, 3.8) is 0 Å². The van der Waals surface area contributed by atoms with Gasteiger partial charge in [-0.05, 0) is 11.1 Å². The van der Waals surface area contributed by atoms with Crippen LogP contribution in [0, 0.1) is 0 Å². The van der Waals surface area contributed by atoms with Crippen molar-refractivity contribution >= 4 is 16.3 Å². The monoisotopic (exact) mass is 416 g/mol. The average molecular weight is 417 g/mol. The molecule has 0 radical (unpaired) electrons. The molecule has 1 saturated heterocycles. The highest BCUT2D eigenvalue weighted by Gasteiger charge is 2.26. The topological polar surface area (TPSA) is 40.9 Å². The minimum atomic E-state index is 0.00288. The van der Waals surface area contributed by atoms with Gasteiger partial charge in [-0.1, -0.05) is 60.7 Å². The molecular formula is C24H24N4OS. The molecule has 30 heavy (non-hydrogen) atoms. The lowest BCUT2D eigenvalue weighted by Crippen LogP contribution is -2.47. The van der Waals surface area contributed by atoms with Crippen molar-refractivity contribution in [1.82, 2.24) is 19.2 Å². The van der Waals surface area contributed by atoms with Crippen molar-refractivity contribution in [3.8, 4) is 0 Å². The Morgan fingerprint density at radius 1 is 0.900 bits per heavy atom. The molecule has 2 aromatic carbocycles. The lowest BCUT2D eigenvalue weighted by Gasteiger charge is -2.39. The third kappa shape index (κ3) is 3.94. The number of fused-ring (bicyclic) bond motifs is 1. The Kier molecular flexibility index (Phi) is 5.45. The fourth-order valence-electron chi connectivity index (χ4n) is 4.26. The number of piperazine rings is 1. The highest BCUT2D eigenvalue weighted by atomic mass is 32.1. The van der Waals surface area contributed by atoms with E-state index in [4.69, 9.17) is 0 Å². The van der Waals surface area contributed by atoms with E-state index in [2.05, 4.69) is 75.4 Å². The molecule has 0 spiro atoms. The summed E-state index contributed by atoms with van der Waals surface area (Å²) in [6.07, 6.45) is 1.78. The molecule has 0 aliphatic carbocycles. The highest BCUT2D eigenvalue weighted by molar-refractivity contribution is 7.15. The van der Waals surface area contributed by atoms with Gasteiger partial charge in [0.05, 0.1) is 11.7 Å². The minimum Gasteiger partial charge on any atom is -0.295 e. The molecule has 4 aromatic rings. The van der Waals surface area contributed by atoms with Crippen LogP contribution >= 0.6 is 11.3 Å². The number of nitrogens with zero attached hydrogens (tertiary/aromatic N) is 4. The van der Waals surface area contributed by atoms with Gasteiger partial charge in [0.15, 0.2) is 4.96 Å². The zero-order chi connectivity index (χ0) is 20.3. The first-order valence-electron chi connectivity index (χ1n) is 10.3. The largest absolute Gasteiger partial charge is 0.295 e. The highest BCUT2D eigenvalue weighted by Crippen LogP contribution is 2.29. The van der Waals surface area contributed by atoms with Crippen LogP contribution in [0.3, 0.4) is 0 Å². The number of hydrogen-bond donors (Lipinski definition) is 0. The normalized spacial score (nSPS) is 15.8. The van der Waals surface area contributed by atoms with Crippen molar-refractivity contribution in [2.24, 2.45) is 0 Å². The van der Waals surface area contributed by atoms with E-state index in [-0.39, 0.29) is 11.6 Å². The predicted octanol–water partition coefficient (Wildman–Crippen LogP) is 3.66. The standard InChI is InChI=1S/C24H24N4OS/c29-22-17-21(25-24-28(22)15-16-30-24)18-26-11-13-27(14-12-26)23(19-7-3-1-4-8-19)20-9-5-2-6-10-20/h1-10,15-17,23H,11-14,18H2. The van der Waals surface area contributed by atoms with Gasteiger partial charge in [-0.25, -0.2) is 4.98 Å². The van der Waals surface area contributed by atoms with Crippen LogP contribution in [0.5, 0.6) is 0 Å². The van der Waals surface area contributed by atoms with Crippen LogP contribution in [-0.2, 0) is 6.54 Å². The Bertz CT molecular complexity index is 1120. The molecule has 2 aromatic heterocycles. The van der Waals surface area contributed by atoms with E-state index in [9.17, 15) is 4.79 Å². The van der Waals surface area contributed by atoms with Gasteiger partial charge in [-0.3, -0.25) is 19.0 Å². The number of hydrogen-bond acceptors (Lipinski definition) is 5. The number of rotatable bonds is 5. The van der Waals surface area contributed by atoms with Crippen LogP contribution in [-0.4, -0.2) is 45.4 Å². The zero-order valence-electron chi connectivity index (χ0n) is 16.7. The van der Waals surface area contributed by atoms with E-state index in [1.165, 1.54) is 22.5 Å². The second-order valence-corrected chi connectivity index (χ2v) is 8.55. The van der Waals surface area contributed by atoms with E-state index in [1.54, 1.807) is 16.7 Å². The second kappa shape index (κ2) is 8.52. The molecule has 0 bridgehead atoms. The average Bonchev–Trinajstić information content (AvgIpc) is 3.26. The van der Waals surface area contributed by atoms with Crippen LogP contribution in [0.15, 0.2) is 83.1 Å². The van der Waals surface area contributed by atoms with Gasteiger partial charge in [0.25, 0.3) is 5.56 Å². The summed E-state index contributed by atoms with van der Waals surface area (Å²) in [6, 6.07) is 23.4. The number of benzene rings is 2. The Hall–Kier alpha value is -2.80. The third-order valence-electron chi connectivity index (χ3n) is 5.74. The molecule has 1 aliphatic rings. The molecule has 0 amide bonds. The molecule has 1 fully saturated rings. The van der Waals surface area contributed by atoms with Crippen LogP contribution in [0.2, 0.25) is 0 Å². The molecule has 0 N–H and O–H groups in total. The maximum Gasteiger partial charge on any atom is 0.258 e. The van der Waals surface area contributed by atoms with E-state index in [0.717, 1.165) is 43.4 Å². The van der Waals surface area contributed by atoms with E-state index < -0.39 is 0 Å². The molecule has 3 heterocycles. The van der Waals surface area contributed by atoms with Crippen LogP contribution in [0.25, 0.3) is 4.96 Å². The van der Waals surface area contributed by atoms with Gasteiger partial charge in [-0.2, -0.15) is 0 Å². The van der Waals surface area contributed by atoms with E-state index in [1.807, 2.05) is 5.38 Å². The fourth-order valence-corrected chi connectivity index (χ4v) is 5.00. The van der Waals surface area contributed by atoms with E-state index in [0.29, 0.717) is 0 Å². The third-order valence-corrected chi connectivity index (χ3v) is 6.50. The summed E-state index contributed by atoms with van der Waals surface area (Å²) in [4.78, 5) is 22.7. The quantitative estimate of drug-likeness (QED) is 0.498. The molecule has 0 unspecified atom stereocenters. The lowest BCUT2D eigenvalue weighted by atomic mass is 9.96. The number of aromatic nitrogens is 2. The van der Waals surface area contributed by atoms with Gasteiger partial charge < -0.3 is 0 Å². The summed E-state index contributed by atoms with van der Waals surface area (Å²) in [5, 5.41) is 1.90. The summed E-state index contributed by atoms with van der Waals surface area (Å²) in [6.45, 7) is 4.60. The smallest absolute Gasteiger partial charge is 0.258 e. The first-order chi connectivity index (χ1) is 14.8. The van der Waals surface area contributed by atoms with E-state index >= 15 is 0 Å². The van der Waals surface area contributed by atoms with Crippen LogP contribution in [0.4, 0.5) is 0 Å². The van der Waals surface area contributed by atoms with Gasteiger partial charge >= 0.3 is 0 Å². The maximum atomic E-state index is 12.3. The molecule has 0 atom stereocenters. The zero-order valence-corrected chi connectivity index (χ0v) is 17.5. The Morgan fingerprint density at radius 3 is 2.17 bits per heavy atom. The van der Waals surface area contributed by atoms with Crippen molar-refractivity contribution in [1.29, 1.82) is 0 Å². The summed E-state index contributed by atoms with van der Waals surface area (Å²) < 4.78 is 1.61. The molecule has 6 heteroatoms. The molecular weight excluding hydrogens is 392 g/mol.